The summed E-state index contributed by atoms with van der Waals surface area (Å²) in [7, 11) is -3.11. The fourth-order valence-corrected chi connectivity index (χ4v) is 3.76. The lowest BCUT2D eigenvalue weighted by atomic mass is 9.98. The largest absolute Gasteiger partial charge is 0.224 e. The third-order valence-corrected chi connectivity index (χ3v) is 6.35. The molecule has 0 aromatic heterocycles. The smallest absolute Gasteiger partial charge is 0.175 e. The second-order valence-corrected chi connectivity index (χ2v) is 9.51. The van der Waals surface area contributed by atoms with Gasteiger partial charge in [-0.1, -0.05) is 49.4 Å². The summed E-state index contributed by atoms with van der Waals surface area (Å²) in [6, 6.07) is 7.27. The molecule has 0 radical (unpaired) electrons. The number of benzene rings is 1. The zero-order valence-electron chi connectivity index (χ0n) is 17.2. The van der Waals surface area contributed by atoms with Crippen molar-refractivity contribution >= 4 is 27.2 Å². The number of allylic oxidation sites excluding steroid dienone is 6. The minimum Gasteiger partial charge on any atom is -0.224 e. The van der Waals surface area contributed by atoms with Gasteiger partial charge in [0.25, 0.3) is 0 Å². The van der Waals surface area contributed by atoms with E-state index in [-0.39, 0.29) is 0 Å². The molecule has 1 aromatic carbocycles. The van der Waals surface area contributed by atoms with Crippen LogP contribution in [0.1, 0.15) is 52.0 Å². The molecule has 2 nitrogen and oxygen atoms in total. The van der Waals surface area contributed by atoms with E-state index >= 15 is 0 Å². The van der Waals surface area contributed by atoms with Gasteiger partial charge in [0.2, 0.25) is 0 Å². The molecule has 2 rings (SSSR count). The van der Waals surface area contributed by atoms with E-state index in [1.807, 2.05) is 24.5 Å². The van der Waals surface area contributed by atoms with Crippen molar-refractivity contribution in [3.05, 3.63) is 70.7 Å². The Labute approximate surface area is 170 Å². The number of hydrogen-bond acceptors (Lipinski definition) is 3. The maximum atomic E-state index is 11.5. The second kappa shape index (κ2) is 11.4. The van der Waals surface area contributed by atoms with Crippen LogP contribution >= 0.6 is 11.8 Å². The third kappa shape index (κ3) is 7.55. The van der Waals surface area contributed by atoms with E-state index in [1.165, 1.54) is 29.4 Å². The molecule has 1 aromatic rings. The Morgan fingerprint density at radius 3 is 2.33 bits per heavy atom. The molecule has 0 saturated carbocycles. The normalized spacial score (nSPS) is 15.1. The first-order valence-electron chi connectivity index (χ1n) is 9.29. The fourth-order valence-electron chi connectivity index (χ4n) is 2.89. The molecular weight excluding hydrogens is 372 g/mol. The number of thioether (sulfide) groups is 1. The van der Waals surface area contributed by atoms with Crippen LogP contribution in [0.5, 0.6) is 0 Å². The molecule has 0 atom stereocenters. The Kier molecular flexibility index (Phi) is 9.89. The molecular formula is C23H32O2S2. The molecule has 148 valence electrons. The average molecular weight is 405 g/mol. The van der Waals surface area contributed by atoms with Crippen molar-refractivity contribution in [2.75, 3.05) is 12.5 Å². The summed E-state index contributed by atoms with van der Waals surface area (Å²) < 4.78 is 22.9. The average Bonchev–Trinajstić information content (AvgIpc) is 3.15. The van der Waals surface area contributed by atoms with E-state index in [4.69, 9.17) is 0 Å². The van der Waals surface area contributed by atoms with Crippen molar-refractivity contribution in [1.29, 1.82) is 0 Å². The van der Waals surface area contributed by atoms with Crippen LogP contribution < -0.4 is 0 Å². The van der Waals surface area contributed by atoms with Crippen LogP contribution in [0, 0.1) is 0 Å². The van der Waals surface area contributed by atoms with Gasteiger partial charge in [-0.2, -0.15) is 0 Å². The quantitative estimate of drug-likeness (QED) is 0.488. The maximum absolute atomic E-state index is 11.5. The zero-order chi connectivity index (χ0) is 20.4. The van der Waals surface area contributed by atoms with Gasteiger partial charge in [-0.25, -0.2) is 8.42 Å². The van der Waals surface area contributed by atoms with Crippen LogP contribution in [-0.2, 0) is 9.84 Å². The number of hydrogen-bond donors (Lipinski definition) is 0. The molecule has 1 aliphatic carbocycles. The Morgan fingerprint density at radius 1 is 1.22 bits per heavy atom. The van der Waals surface area contributed by atoms with Crippen LogP contribution in [0.3, 0.4) is 0 Å². The van der Waals surface area contributed by atoms with Gasteiger partial charge in [-0.15, -0.1) is 11.8 Å². The van der Waals surface area contributed by atoms with E-state index in [0.717, 1.165) is 29.7 Å². The first-order chi connectivity index (χ1) is 12.7. The Bertz CT molecular complexity index is 824. The van der Waals surface area contributed by atoms with Gasteiger partial charge in [-0.3, -0.25) is 0 Å². The number of sulfone groups is 1. The van der Waals surface area contributed by atoms with E-state index in [0.29, 0.717) is 4.90 Å². The van der Waals surface area contributed by atoms with Crippen LogP contribution in [0.25, 0.3) is 5.57 Å². The molecule has 0 fully saturated rings. The van der Waals surface area contributed by atoms with Crippen molar-refractivity contribution in [3.63, 3.8) is 0 Å². The van der Waals surface area contributed by atoms with Crippen LogP contribution in [0.4, 0.5) is 0 Å². The molecule has 0 amide bonds. The van der Waals surface area contributed by atoms with E-state index in [1.54, 1.807) is 23.9 Å². The Morgan fingerprint density at radius 2 is 1.85 bits per heavy atom. The fraction of sp³-hybridized carbons (Fsp3) is 0.391. The first kappa shape index (κ1) is 23.5. The minimum atomic E-state index is -3.11. The SMILES string of the molecule is C/C=C(\C)C1=C(c2ccc(S(C)(=O)=O)cc2)CCC1.C=C(/C=C\CC)SC. The molecule has 0 N–H and O–H groups in total. The predicted octanol–water partition coefficient (Wildman–Crippen LogP) is 6.82. The summed E-state index contributed by atoms with van der Waals surface area (Å²) >= 11 is 1.68. The molecule has 1 aliphatic rings. The highest BCUT2D eigenvalue weighted by molar-refractivity contribution is 8.02. The van der Waals surface area contributed by atoms with Crippen molar-refractivity contribution in [3.8, 4) is 0 Å². The molecule has 0 bridgehead atoms. The van der Waals surface area contributed by atoms with Crippen LogP contribution in [-0.4, -0.2) is 20.9 Å². The highest BCUT2D eigenvalue weighted by atomic mass is 32.2. The van der Waals surface area contributed by atoms with Gasteiger partial charge in [-0.05, 0) is 79.5 Å². The summed E-state index contributed by atoms with van der Waals surface area (Å²) in [4.78, 5) is 1.52. The summed E-state index contributed by atoms with van der Waals surface area (Å²) in [5.41, 5.74) is 5.28. The Hall–Kier alpha value is -1.52. The van der Waals surface area contributed by atoms with Crippen molar-refractivity contribution in [1.82, 2.24) is 0 Å². The van der Waals surface area contributed by atoms with Crippen LogP contribution in [0.2, 0.25) is 0 Å². The van der Waals surface area contributed by atoms with Crippen LogP contribution in [0.15, 0.2) is 70.0 Å². The number of rotatable bonds is 6. The zero-order valence-corrected chi connectivity index (χ0v) is 18.8. The summed E-state index contributed by atoms with van der Waals surface area (Å²) in [6.07, 6.45) is 14.1. The molecule has 0 aliphatic heterocycles. The van der Waals surface area contributed by atoms with Gasteiger partial charge >= 0.3 is 0 Å². The summed E-state index contributed by atoms with van der Waals surface area (Å²) in [6.45, 7) is 10.1. The molecule has 4 heteroatoms. The molecule has 27 heavy (non-hydrogen) atoms. The highest BCUT2D eigenvalue weighted by Gasteiger charge is 2.17. The van der Waals surface area contributed by atoms with Gasteiger partial charge in [0.05, 0.1) is 4.90 Å². The molecule has 0 spiro atoms. The topological polar surface area (TPSA) is 34.1 Å². The standard InChI is InChI=1S/C16H20O2S.C7H12S/c1-4-12(2)15-6-5-7-16(15)13-8-10-14(11-9-13)19(3,17)18;1-4-5-6-7(2)8-3/h4,8-11H,5-7H2,1-3H3;5-6H,2,4H2,1,3H3/b12-4+;6-5-. The lowest BCUT2D eigenvalue weighted by molar-refractivity contribution is 0.602. The van der Waals surface area contributed by atoms with E-state index in [9.17, 15) is 8.42 Å². The van der Waals surface area contributed by atoms with Gasteiger partial charge in [0.1, 0.15) is 0 Å². The third-order valence-electron chi connectivity index (χ3n) is 4.56. The molecule has 0 unspecified atom stereocenters. The monoisotopic (exact) mass is 404 g/mol. The van der Waals surface area contributed by atoms with Crippen molar-refractivity contribution < 1.29 is 8.42 Å². The molecule has 0 saturated heterocycles. The van der Waals surface area contributed by atoms with Gasteiger partial charge < -0.3 is 0 Å². The van der Waals surface area contributed by atoms with Crippen molar-refractivity contribution in [2.24, 2.45) is 0 Å². The van der Waals surface area contributed by atoms with Crippen molar-refractivity contribution in [2.45, 2.75) is 51.3 Å². The maximum Gasteiger partial charge on any atom is 0.175 e. The van der Waals surface area contributed by atoms with E-state index < -0.39 is 9.84 Å². The summed E-state index contributed by atoms with van der Waals surface area (Å²) in [5, 5.41) is 0. The van der Waals surface area contributed by atoms with Gasteiger partial charge in [0, 0.05) is 6.26 Å². The predicted molar refractivity (Wildman–Crippen MR) is 122 cm³/mol. The van der Waals surface area contributed by atoms with E-state index in [2.05, 4.69) is 39.5 Å². The first-order valence-corrected chi connectivity index (χ1v) is 12.4. The lowest BCUT2D eigenvalue weighted by Gasteiger charge is -2.09. The molecule has 0 heterocycles. The Balaban J connectivity index is 0.000000387. The summed E-state index contributed by atoms with van der Waals surface area (Å²) in [5.74, 6) is 0. The second-order valence-electron chi connectivity index (χ2n) is 6.56. The lowest BCUT2D eigenvalue weighted by Crippen LogP contribution is -1.97. The van der Waals surface area contributed by atoms with Gasteiger partial charge in [0.15, 0.2) is 9.84 Å². The highest BCUT2D eigenvalue weighted by Crippen LogP contribution is 2.37. The minimum absolute atomic E-state index is 0.388.